The Balaban J connectivity index is 0.00000225. The molecule has 1 unspecified atom stereocenters. The average molecular weight is 457 g/mol. The molecular weight excluding hydrogens is 425 g/mol. The first kappa shape index (κ1) is 20.5. The number of guanidine groups is 1. The molecule has 0 bridgehead atoms. The molecule has 0 aromatic heterocycles. The van der Waals surface area contributed by atoms with E-state index in [0.29, 0.717) is 5.41 Å². The molecule has 2 saturated heterocycles. The number of ether oxygens (including phenoxy) is 1. The molecule has 2 heterocycles. The van der Waals surface area contributed by atoms with Crippen LogP contribution in [0.5, 0.6) is 0 Å². The van der Waals surface area contributed by atoms with Gasteiger partial charge in [-0.25, -0.2) is 0 Å². The highest BCUT2D eigenvalue weighted by molar-refractivity contribution is 14.0. The predicted molar refractivity (Wildman–Crippen MR) is 115 cm³/mol. The highest BCUT2D eigenvalue weighted by Gasteiger charge is 2.42. The zero-order valence-corrected chi connectivity index (χ0v) is 18.3. The molecule has 1 aromatic rings. The van der Waals surface area contributed by atoms with Crippen LogP contribution in [0.1, 0.15) is 44.7 Å². The van der Waals surface area contributed by atoms with Crippen molar-refractivity contribution in [1.82, 2.24) is 10.2 Å². The number of likely N-dealkylation sites (tertiary alicyclic amines) is 1. The second-order valence-corrected chi connectivity index (χ2v) is 8.32. The monoisotopic (exact) mass is 457 g/mol. The molecule has 0 radical (unpaired) electrons. The van der Waals surface area contributed by atoms with Gasteiger partial charge in [0.25, 0.3) is 0 Å². The minimum absolute atomic E-state index is 0. The van der Waals surface area contributed by atoms with Crippen LogP contribution in [0, 0.1) is 5.41 Å². The molecule has 4 nitrogen and oxygen atoms in total. The maximum Gasteiger partial charge on any atom is 0.193 e. The van der Waals surface area contributed by atoms with Crippen LogP contribution in [-0.4, -0.2) is 44.2 Å². The van der Waals surface area contributed by atoms with Crippen molar-refractivity contribution >= 4 is 29.9 Å². The lowest BCUT2D eigenvalue weighted by Gasteiger charge is -2.25. The van der Waals surface area contributed by atoms with Gasteiger partial charge in [-0.2, -0.15) is 0 Å². The third kappa shape index (κ3) is 4.88. The van der Waals surface area contributed by atoms with E-state index in [4.69, 9.17) is 4.74 Å². The lowest BCUT2D eigenvalue weighted by molar-refractivity contribution is 0.156. The third-order valence-corrected chi connectivity index (χ3v) is 5.41. The standard InChI is InChI=1S/C20H31N3O.HI/c1-19(2,3)17-7-5-16(6-8-17)13-22-18(21-4)23-11-9-20(14-23)10-12-24-15-20;/h5-8H,9-15H2,1-4H3,(H,21,22);1H. The molecule has 1 spiro atoms. The van der Waals surface area contributed by atoms with E-state index in [1.54, 1.807) is 0 Å². The Hall–Kier alpha value is -0.820. The van der Waals surface area contributed by atoms with E-state index in [-0.39, 0.29) is 29.4 Å². The van der Waals surface area contributed by atoms with Gasteiger partial charge in [-0.3, -0.25) is 4.99 Å². The number of nitrogens with zero attached hydrogens (tertiary/aromatic N) is 2. The van der Waals surface area contributed by atoms with E-state index in [0.717, 1.165) is 38.8 Å². The summed E-state index contributed by atoms with van der Waals surface area (Å²) in [6.45, 7) is 11.5. The lowest BCUT2D eigenvalue weighted by Crippen LogP contribution is -2.41. The summed E-state index contributed by atoms with van der Waals surface area (Å²) in [6, 6.07) is 8.91. The van der Waals surface area contributed by atoms with Crippen molar-refractivity contribution in [1.29, 1.82) is 0 Å². The molecule has 2 aliphatic rings. The summed E-state index contributed by atoms with van der Waals surface area (Å²) in [7, 11) is 1.88. The number of nitrogens with one attached hydrogen (secondary N) is 1. The van der Waals surface area contributed by atoms with Gasteiger partial charge in [0.1, 0.15) is 0 Å². The summed E-state index contributed by atoms with van der Waals surface area (Å²) >= 11 is 0. The number of benzene rings is 1. The van der Waals surface area contributed by atoms with E-state index in [2.05, 4.69) is 60.2 Å². The molecule has 2 aliphatic heterocycles. The topological polar surface area (TPSA) is 36.9 Å². The summed E-state index contributed by atoms with van der Waals surface area (Å²) in [4.78, 5) is 6.87. The minimum atomic E-state index is 0. The van der Waals surface area contributed by atoms with E-state index in [1.807, 2.05) is 7.05 Å². The van der Waals surface area contributed by atoms with Gasteiger partial charge >= 0.3 is 0 Å². The van der Waals surface area contributed by atoms with Crippen LogP contribution >= 0.6 is 24.0 Å². The number of hydrogen-bond donors (Lipinski definition) is 1. The fourth-order valence-corrected chi connectivity index (χ4v) is 3.72. The van der Waals surface area contributed by atoms with Crippen LogP contribution in [-0.2, 0) is 16.7 Å². The Labute approximate surface area is 169 Å². The SMILES string of the molecule is CN=C(NCc1ccc(C(C)(C)C)cc1)N1CCC2(CCOC2)C1.I. The average Bonchev–Trinajstić information content (AvgIpc) is 3.18. The Kier molecular flexibility index (Phi) is 6.76. The first-order valence-corrected chi connectivity index (χ1v) is 9.05. The van der Waals surface area contributed by atoms with Gasteiger partial charge in [-0.1, -0.05) is 45.0 Å². The predicted octanol–water partition coefficient (Wildman–Crippen LogP) is 3.79. The Morgan fingerprint density at radius 1 is 1.24 bits per heavy atom. The molecular formula is C20H32IN3O. The van der Waals surface area contributed by atoms with E-state index in [1.165, 1.54) is 24.0 Å². The van der Waals surface area contributed by atoms with Crippen molar-refractivity contribution < 1.29 is 4.74 Å². The Morgan fingerprint density at radius 3 is 2.52 bits per heavy atom. The third-order valence-electron chi connectivity index (χ3n) is 5.41. The number of halogens is 1. The van der Waals surface area contributed by atoms with Crippen LogP contribution < -0.4 is 5.32 Å². The zero-order chi connectivity index (χ0) is 17.2. The van der Waals surface area contributed by atoms with E-state index < -0.39 is 0 Å². The van der Waals surface area contributed by atoms with Crippen molar-refractivity contribution in [2.75, 3.05) is 33.4 Å². The smallest absolute Gasteiger partial charge is 0.193 e. The van der Waals surface area contributed by atoms with Crippen molar-refractivity contribution in [3.8, 4) is 0 Å². The molecule has 0 amide bonds. The molecule has 25 heavy (non-hydrogen) atoms. The van der Waals surface area contributed by atoms with Gasteiger partial charge in [0.15, 0.2) is 5.96 Å². The van der Waals surface area contributed by atoms with Crippen LogP contribution in [0.25, 0.3) is 0 Å². The lowest BCUT2D eigenvalue weighted by atomic mass is 9.87. The van der Waals surface area contributed by atoms with Crippen LogP contribution in [0.2, 0.25) is 0 Å². The molecule has 0 saturated carbocycles. The summed E-state index contributed by atoms with van der Waals surface area (Å²) in [5.41, 5.74) is 3.24. The normalized spacial score (nSPS) is 23.8. The Morgan fingerprint density at radius 2 is 1.96 bits per heavy atom. The fourth-order valence-electron chi connectivity index (χ4n) is 3.72. The summed E-state index contributed by atoms with van der Waals surface area (Å²) in [5.74, 6) is 1.01. The summed E-state index contributed by atoms with van der Waals surface area (Å²) in [6.07, 6.45) is 2.41. The molecule has 3 rings (SSSR count). The van der Waals surface area contributed by atoms with Crippen molar-refractivity contribution in [3.05, 3.63) is 35.4 Å². The van der Waals surface area contributed by atoms with E-state index in [9.17, 15) is 0 Å². The Bertz CT molecular complexity index is 586. The van der Waals surface area contributed by atoms with Gasteiger partial charge in [-0.05, 0) is 29.4 Å². The zero-order valence-electron chi connectivity index (χ0n) is 16.0. The number of hydrogen-bond acceptors (Lipinski definition) is 2. The van der Waals surface area contributed by atoms with Crippen LogP contribution in [0.4, 0.5) is 0 Å². The molecule has 140 valence electrons. The van der Waals surface area contributed by atoms with Crippen LogP contribution in [0.3, 0.4) is 0 Å². The number of aliphatic imine (C=N–C) groups is 1. The second-order valence-electron chi connectivity index (χ2n) is 8.32. The molecule has 1 aromatic carbocycles. The van der Waals surface area contributed by atoms with Crippen molar-refractivity contribution in [3.63, 3.8) is 0 Å². The van der Waals surface area contributed by atoms with Crippen molar-refractivity contribution in [2.45, 2.75) is 45.6 Å². The van der Waals surface area contributed by atoms with Gasteiger partial charge < -0.3 is 15.0 Å². The summed E-state index contributed by atoms with van der Waals surface area (Å²) in [5, 5.41) is 3.53. The first-order valence-electron chi connectivity index (χ1n) is 9.05. The minimum Gasteiger partial charge on any atom is -0.381 e. The van der Waals surface area contributed by atoms with Crippen molar-refractivity contribution in [2.24, 2.45) is 10.4 Å². The maximum absolute atomic E-state index is 5.62. The van der Waals surface area contributed by atoms with Gasteiger partial charge in [0.05, 0.1) is 6.61 Å². The first-order chi connectivity index (χ1) is 11.4. The number of rotatable bonds is 2. The highest BCUT2D eigenvalue weighted by atomic mass is 127. The summed E-state index contributed by atoms with van der Waals surface area (Å²) < 4.78 is 5.62. The van der Waals surface area contributed by atoms with Gasteiger partial charge in [0.2, 0.25) is 0 Å². The molecule has 5 heteroatoms. The van der Waals surface area contributed by atoms with Crippen LogP contribution in [0.15, 0.2) is 29.3 Å². The molecule has 0 aliphatic carbocycles. The fraction of sp³-hybridized carbons (Fsp3) is 0.650. The van der Waals surface area contributed by atoms with E-state index >= 15 is 0 Å². The van der Waals surface area contributed by atoms with Gasteiger partial charge in [0, 0.05) is 38.7 Å². The molecule has 1 atom stereocenters. The van der Waals surface area contributed by atoms with Gasteiger partial charge in [-0.15, -0.1) is 24.0 Å². The largest absolute Gasteiger partial charge is 0.381 e. The molecule has 2 fully saturated rings. The maximum atomic E-state index is 5.62. The molecule has 1 N–H and O–H groups in total. The highest BCUT2D eigenvalue weighted by Crippen LogP contribution is 2.38. The second kappa shape index (κ2) is 8.25. The quantitative estimate of drug-likeness (QED) is 0.417.